The van der Waals surface area contributed by atoms with Crippen LogP contribution >= 0.6 is 0 Å². The van der Waals surface area contributed by atoms with Crippen LogP contribution in [0.1, 0.15) is 82.0 Å². The molecular formula is C37H51N7O8S. The number of aliphatic hydroxyl groups is 2. The van der Waals surface area contributed by atoms with E-state index in [4.69, 9.17) is 5.73 Å². The summed E-state index contributed by atoms with van der Waals surface area (Å²) in [7, 11) is -3.77. The van der Waals surface area contributed by atoms with Gasteiger partial charge in [0.25, 0.3) is 5.91 Å². The first kappa shape index (κ1) is 38.5. The van der Waals surface area contributed by atoms with Crippen molar-refractivity contribution in [3.05, 3.63) is 59.9 Å². The Kier molecular flexibility index (Phi) is 11.1. The lowest BCUT2D eigenvalue weighted by Crippen LogP contribution is -2.67. The second-order valence-corrected chi connectivity index (χ2v) is 17.8. The topological polar surface area (TPSA) is 223 Å². The van der Waals surface area contributed by atoms with Gasteiger partial charge in [-0.05, 0) is 61.9 Å². The molecule has 0 radical (unpaired) electrons. The Morgan fingerprint density at radius 1 is 1.06 bits per heavy atom. The van der Waals surface area contributed by atoms with Crippen LogP contribution in [0.2, 0.25) is 0 Å². The number of likely N-dealkylation sites (tertiary alicyclic amines) is 1. The fourth-order valence-corrected chi connectivity index (χ4v) is 10.3. The molecule has 3 heterocycles. The number of hydrogen-bond acceptors (Lipinski definition) is 11. The van der Waals surface area contributed by atoms with E-state index in [0.717, 1.165) is 42.9 Å². The van der Waals surface area contributed by atoms with Gasteiger partial charge in [0, 0.05) is 24.7 Å². The number of amides is 4. The quantitative estimate of drug-likeness (QED) is 0.169. The zero-order valence-electron chi connectivity index (χ0n) is 30.2. The largest absolute Gasteiger partial charge is 0.384 e. The van der Waals surface area contributed by atoms with Crippen molar-refractivity contribution in [1.29, 1.82) is 0 Å². The van der Waals surface area contributed by atoms with Crippen molar-refractivity contribution in [1.82, 2.24) is 31.5 Å². The molecule has 15 nitrogen and oxygen atoms in total. The Morgan fingerprint density at radius 3 is 2.45 bits per heavy atom. The first-order valence-corrected chi connectivity index (χ1v) is 20.2. The smallest absolute Gasteiger partial charge is 0.251 e. The molecule has 6 rings (SSSR count). The lowest BCUT2D eigenvalue weighted by atomic mass is 9.84. The van der Waals surface area contributed by atoms with Gasteiger partial charge in [0.2, 0.25) is 17.7 Å². The van der Waals surface area contributed by atoms with Gasteiger partial charge in [-0.15, -0.1) is 5.53 Å². The van der Waals surface area contributed by atoms with Gasteiger partial charge in [-0.2, -0.15) is 0 Å². The Labute approximate surface area is 309 Å². The van der Waals surface area contributed by atoms with Crippen LogP contribution < -0.4 is 27.3 Å². The fraction of sp³-hybridized carbons (Fsp3) is 0.568. The van der Waals surface area contributed by atoms with Crippen LogP contribution in [0.4, 0.5) is 0 Å². The predicted molar refractivity (Wildman–Crippen MR) is 197 cm³/mol. The van der Waals surface area contributed by atoms with Crippen molar-refractivity contribution in [3.63, 3.8) is 0 Å². The first-order chi connectivity index (χ1) is 25.1. The van der Waals surface area contributed by atoms with Gasteiger partial charge in [-0.3, -0.25) is 24.2 Å². The van der Waals surface area contributed by atoms with Gasteiger partial charge in [0.05, 0.1) is 28.8 Å². The van der Waals surface area contributed by atoms with Gasteiger partial charge in [-0.1, -0.05) is 62.4 Å². The van der Waals surface area contributed by atoms with Gasteiger partial charge >= 0.3 is 0 Å². The van der Waals surface area contributed by atoms with Gasteiger partial charge < -0.3 is 36.9 Å². The minimum absolute atomic E-state index is 0.00426. The van der Waals surface area contributed by atoms with Crippen LogP contribution in [0.3, 0.4) is 0 Å². The highest BCUT2D eigenvalue weighted by Gasteiger charge is 2.52. The van der Waals surface area contributed by atoms with Crippen molar-refractivity contribution in [2.45, 2.75) is 107 Å². The number of hydrogen-bond donors (Lipinski definition) is 7. The minimum atomic E-state index is -3.77. The molecule has 2 aromatic rings. The van der Waals surface area contributed by atoms with E-state index < -0.39 is 74.6 Å². The average Bonchev–Trinajstić information content (AvgIpc) is 3.79. The Hall–Kier alpha value is -4.25. The van der Waals surface area contributed by atoms with E-state index in [1.165, 1.54) is 4.90 Å². The average molecular weight is 754 g/mol. The molecule has 53 heavy (non-hydrogen) atoms. The lowest BCUT2D eigenvalue weighted by Gasteiger charge is -2.41. The molecule has 1 aliphatic carbocycles. The molecule has 8 N–H and O–H groups in total. The van der Waals surface area contributed by atoms with Crippen molar-refractivity contribution >= 4 is 44.2 Å². The van der Waals surface area contributed by atoms with Crippen LogP contribution in [0.15, 0.2) is 54.4 Å². The van der Waals surface area contributed by atoms with E-state index in [1.54, 1.807) is 37.2 Å². The molecule has 3 aliphatic heterocycles. The summed E-state index contributed by atoms with van der Waals surface area (Å²) >= 11 is 0. The van der Waals surface area contributed by atoms with E-state index in [1.807, 2.05) is 30.3 Å². The molecule has 2 unspecified atom stereocenters. The number of sulfone groups is 1. The normalized spacial score (nSPS) is 26.0. The summed E-state index contributed by atoms with van der Waals surface area (Å²) in [6.45, 7) is 3.20. The van der Waals surface area contributed by atoms with E-state index in [0.29, 0.717) is 17.7 Å². The van der Waals surface area contributed by atoms with Crippen molar-refractivity contribution in [3.8, 4) is 0 Å². The number of nitrogens with one attached hydrogen (secondary N) is 4. The molecule has 0 bridgehead atoms. The summed E-state index contributed by atoms with van der Waals surface area (Å²) < 4.78 is 25.6. The molecule has 1 saturated carbocycles. The first-order valence-electron chi connectivity index (χ1n) is 18.4. The molecule has 0 spiro atoms. The van der Waals surface area contributed by atoms with E-state index in [-0.39, 0.29) is 37.5 Å². The third-order valence-electron chi connectivity index (χ3n) is 11.1. The predicted octanol–water partition coefficient (Wildman–Crippen LogP) is 0.725. The Bertz CT molecular complexity index is 1880. The highest BCUT2D eigenvalue weighted by Crippen LogP contribution is 2.34. The number of nitrogens with two attached hydrogens (primary N) is 1. The van der Waals surface area contributed by atoms with E-state index in [2.05, 4.69) is 21.6 Å². The SMILES string of the molecule is CC(C)(O)C1=CNNN1[C@H]1C[C@@H](C(=O)NC2(C(O)C(N)=O)CCCS(=O)(=O)C2)N(C(=O)[C@@H](CC2CCCCC2)NC(=O)c2ccc3ccccc3c2)C1. The van der Waals surface area contributed by atoms with Crippen LogP contribution in [0.5, 0.6) is 0 Å². The van der Waals surface area contributed by atoms with Crippen LogP contribution in [-0.2, 0) is 24.2 Å². The number of nitrogens with zero attached hydrogens (tertiary/aromatic N) is 2. The monoisotopic (exact) mass is 753 g/mol. The molecular weight excluding hydrogens is 703 g/mol. The number of aliphatic hydroxyl groups excluding tert-OH is 1. The van der Waals surface area contributed by atoms with Gasteiger partial charge in [-0.25, -0.2) is 8.42 Å². The van der Waals surface area contributed by atoms with Crippen molar-refractivity contribution in [2.75, 3.05) is 18.1 Å². The highest BCUT2D eigenvalue weighted by molar-refractivity contribution is 7.91. The molecule has 4 aliphatic rings. The maximum Gasteiger partial charge on any atom is 0.251 e. The van der Waals surface area contributed by atoms with Gasteiger partial charge in [0.1, 0.15) is 17.7 Å². The number of hydrazine groups is 2. The van der Waals surface area contributed by atoms with Crippen molar-refractivity contribution in [2.24, 2.45) is 11.7 Å². The summed E-state index contributed by atoms with van der Waals surface area (Å²) in [5.41, 5.74) is 8.96. The molecule has 3 fully saturated rings. The summed E-state index contributed by atoms with van der Waals surface area (Å²) in [5.74, 6) is -3.59. The Balaban J connectivity index is 1.33. The van der Waals surface area contributed by atoms with Crippen LogP contribution in [0, 0.1) is 5.92 Å². The minimum Gasteiger partial charge on any atom is -0.384 e. The fourth-order valence-electron chi connectivity index (χ4n) is 8.43. The number of rotatable bonds is 11. The number of primary amides is 1. The molecule has 2 aromatic carbocycles. The molecule has 4 amide bonds. The molecule has 288 valence electrons. The number of carbonyl (C=O) groups is 4. The van der Waals surface area contributed by atoms with Crippen LogP contribution in [-0.4, -0.2) is 106 Å². The summed E-state index contributed by atoms with van der Waals surface area (Å²) in [4.78, 5) is 56.8. The molecule has 2 saturated heterocycles. The molecule has 5 atom stereocenters. The third-order valence-corrected chi connectivity index (χ3v) is 13.0. The standard InChI is InChI=1S/C37H51N7O8S/c1-36(2,50)30-20-39-42-44(30)27-19-29(34(48)41-37(31(45)32(38)46)15-8-16-53(51,52)22-37)43(21-27)35(49)28(17-23-9-4-3-5-10-23)40-33(47)26-14-13-24-11-6-7-12-25(24)18-26/h6-7,11-14,18,20,23,27-29,31,39,42,45,50H,3-5,8-10,15-17,19,21-22H2,1-2H3,(H2,38,46)(H,40,47)(H,41,48)/t27-,28+,29-,31?,37?/m0/s1. The van der Waals surface area contributed by atoms with Crippen molar-refractivity contribution < 1.29 is 37.8 Å². The summed E-state index contributed by atoms with van der Waals surface area (Å²) in [6.07, 6.45) is 4.92. The summed E-state index contributed by atoms with van der Waals surface area (Å²) in [6, 6.07) is 10.2. The zero-order valence-corrected chi connectivity index (χ0v) is 31.0. The van der Waals surface area contributed by atoms with Gasteiger partial charge in [0.15, 0.2) is 15.9 Å². The second-order valence-electron chi connectivity index (χ2n) is 15.6. The Morgan fingerprint density at radius 2 is 1.77 bits per heavy atom. The maximum absolute atomic E-state index is 14.9. The number of carbonyl (C=O) groups excluding carboxylic acids is 4. The zero-order chi connectivity index (χ0) is 38.1. The van der Waals surface area contributed by atoms with E-state index in [9.17, 15) is 37.8 Å². The lowest BCUT2D eigenvalue weighted by molar-refractivity contribution is -0.142. The second kappa shape index (κ2) is 15.2. The summed E-state index contributed by atoms with van der Waals surface area (Å²) in [5, 5.41) is 31.0. The highest BCUT2D eigenvalue weighted by atomic mass is 32.2. The number of fused-ring (bicyclic) bond motifs is 1. The molecule has 16 heteroatoms. The van der Waals surface area contributed by atoms with Crippen LogP contribution in [0.25, 0.3) is 10.8 Å². The third kappa shape index (κ3) is 8.45. The van der Waals surface area contributed by atoms with E-state index >= 15 is 0 Å². The maximum atomic E-state index is 14.9. The molecule has 0 aromatic heterocycles. The number of benzene rings is 2.